The SMILES string of the molecule is CC(C)N(Cc1cccnc1)C(=O)c1cnc(Cl)cn1. The zero-order chi connectivity index (χ0) is 14.5. The second-order valence-corrected chi connectivity index (χ2v) is 5.00. The first-order chi connectivity index (χ1) is 9.58. The first kappa shape index (κ1) is 14.4. The molecule has 20 heavy (non-hydrogen) atoms. The number of pyridine rings is 1. The van der Waals surface area contributed by atoms with Crippen molar-refractivity contribution in [2.45, 2.75) is 26.4 Å². The molecule has 0 N–H and O–H groups in total. The van der Waals surface area contributed by atoms with Crippen molar-refractivity contribution < 1.29 is 4.79 Å². The summed E-state index contributed by atoms with van der Waals surface area (Å²) in [4.78, 5) is 26.2. The molecule has 0 fully saturated rings. The van der Waals surface area contributed by atoms with Crippen LogP contribution in [0.2, 0.25) is 5.15 Å². The van der Waals surface area contributed by atoms with Crippen LogP contribution in [0.25, 0.3) is 0 Å². The van der Waals surface area contributed by atoms with Crippen molar-refractivity contribution in [1.82, 2.24) is 19.9 Å². The lowest BCUT2D eigenvalue weighted by Crippen LogP contribution is -2.37. The van der Waals surface area contributed by atoms with Crippen LogP contribution in [0.3, 0.4) is 0 Å². The number of aromatic nitrogens is 3. The third-order valence-electron chi connectivity index (χ3n) is 2.80. The maximum atomic E-state index is 12.5. The van der Waals surface area contributed by atoms with E-state index >= 15 is 0 Å². The molecule has 0 saturated carbocycles. The minimum absolute atomic E-state index is 0.0418. The van der Waals surface area contributed by atoms with Crippen LogP contribution in [0.5, 0.6) is 0 Å². The molecular formula is C14H15ClN4O. The van der Waals surface area contributed by atoms with Crippen molar-refractivity contribution in [3.05, 3.63) is 53.3 Å². The number of hydrogen-bond acceptors (Lipinski definition) is 4. The summed E-state index contributed by atoms with van der Waals surface area (Å²) in [6, 6.07) is 3.82. The maximum absolute atomic E-state index is 12.5. The monoisotopic (exact) mass is 290 g/mol. The van der Waals surface area contributed by atoms with Gasteiger partial charge in [0.2, 0.25) is 0 Å². The molecule has 0 saturated heterocycles. The Morgan fingerprint density at radius 3 is 2.65 bits per heavy atom. The molecule has 2 rings (SSSR count). The van der Waals surface area contributed by atoms with Gasteiger partial charge >= 0.3 is 0 Å². The molecule has 2 heterocycles. The van der Waals surface area contributed by atoms with Crippen LogP contribution < -0.4 is 0 Å². The third-order valence-corrected chi connectivity index (χ3v) is 2.99. The van der Waals surface area contributed by atoms with E-state index in [0.717, 1.165) is 5.56 Å². The van der Waals surface area contributed by atoms with Crippen molar-refractivity contribution in [3.63, 3.8) is 0 Å². The Kier molecular flexibility index (Phi) is 4.63. The van der Waals surface area contributed by atoms with Gasteiger partial charge in [0.25, 0.3) is 5.91 Å². The van der Waals surface area contributed by atoms with E-state index in [1.807, 2.05) is 26.0 Å². The lowest BCUT2D eigenvalue weighted by atomic mass is 10.2. The number of halogens is 1. The van der Waals surface area contributed by atoms with Gasteiger partial charge in [-0.25, -0.2) is 9.97 Å². The van der Waals surface area contributed by atoms with Crippen molar-refractivity contribution in [2.75, 3.05) is 0 Å². The van der Waals surface area contributed by atoms with E-state index < -0.39 is 0 Å². The molecule has 0 aliphatic rings. The van der Waals surface area contributed by atoms with Crippen molar-refractivity contribution in [2.24, 2.45) is 0 Å². The summed E-state index contributed by atoms with van der Waals surface area (Å²) in [6.07, 6.45) is 6.21. The topological polar surface area (TPSA) is 59.0 Å². The molecule has 0 aliphatic heterocycles. The molecule has 0 aliphatic carbocycles. The van der Waals surface area contributed by atoms with Crippen LogP contribution in [0.4, 0.5) is 0 Å². The van der Waals surface area contributed by atoms with Gasteiger partial charge in [0, 0.05) is 25.0 Å². The van der Waals surface area contributed by atoms with Crippen LogP contribution in [-0.2, 0) is 6.54 Å². The summed E-state index contributed by atoms with van der Waals surface area (Å²) in [6.45, 7) is 4.39. The lowest BCUT2D eigenvalue weighted by molar-refractivity contribution is 0.0683. The minimum atomic E-state index is -0.173. The fourth-order valence-electron chi connectivity index (χ4n) is 1.75. The highest BCUT2D eigenvalue weighted by Gasteiger charge is 2.20. The van der Waals surface area contributed by atoms with Gasteiger partial charge in [-0.05, 0) is 25.5 Å². The highest BCUT2D eigenvalue weighted by molar-refractivity contribution is 6.29. The molecule has 0 bridgehead atoms. The summed E-state index contributed by atoms with van der Waals surface area (Å²) in [7, 11) is 0. The van der Waals surface area contributed by atoms with Crippen molar-refractivity contribution in [3.8, 4) is 0 Å². The van der Waals surface area contributed by atoms with Crippen LogP contribution in [-0.4, -0.2) is 31.8 Å². The molecular weight excluding hydrogens is 276 g/mol. The Hall–Kier alpha value is -2.01. The maximum Gasteiger partial charge on any atom is 0.274 e. The van der Waals surface area contributed by atoms with Crippen LogP contribution >= 0.6 is 11.6 Å². The number of amides is 1. The van der Waals surface area contributed by atoms with Crippen molar-refractivity contribution in [1.29, 1.82) is 0 Å². The van der Waals surface area contributed by atoms with E-state index in [0.29, 0.717) is 6.54 Å². The quantitative estimate of drug-likeness (QED) is 0.868. The fraction of sp³-hybridized carbons (Fsp3) is 0.286. The highest BCUT2D eigenvalue weighted by Crippen LogP contribution is 2.12. The average molecular weight is 291 g/mol. The first-order valence-electron chi connectivity index (χ1n) is 6.25. The van der Waals surface area contributed by atoms with Crippen molar-refractivity contribution >= 4 is 17.5 Å². The minimum Gasteiger partial charge on any atom is -0.330 e. The molecule has 0 radical (unpaired) electrons. The molecule has 0 spiro atoms. The molecule has 6 heteroatoms. The van der Waals surface area contributed by atoms with Gasteiger partial charge in [0.1, 0.15) is 10.8 Å². The zero-order valence-electron chi connectivity index (χ0n) is 11.3. The number of carbonyl (C=O) groups excluding carboxylic acids is 1. The van der Waals surface area contributed by atoms with Gasteiger partial charge in [-0.3, -0.25) is 9.78 Å². The second kappa shape index (κ2) is 6.43. The lowest BCUT2D eigenvalue weighted by Gasteiger charge is -2.26. The summed E-state index contributed by atoms with van der Waals surface area (Å²) in [5, 5.41) is 0.268. The summed E-state index contributed by atoms with van der Waals surface area (Å²) in [5.41, 5.74) is 1.25. The van der Waals surface area contributed by atoms with Gasteiger partial charge < -0.3 is 4.90 Å². The molecule has 104 valence electrons. The average Bonchev–Trinajstić information content (AvgIpc) is 2.45. The van der Waals surface area contributed by atoms with Crippen LogP contribution in [0.1, 0.15) is 29.9 Å². The molecule has 2 aromatic heterocycles. The van der Waals surface area contributed by atoms with E-state index in [9.17, 15) is 4.79 Å². The zero-order valence-corrected chi connectivity index (χ0v) is 12.1. The van der Waals surface area contributed by atoms with Gasteiger partial charge in [-0.1, -0.05) is 17.7 Å². The van der Waals surface area contributed by atoms with E-state index in [1.54, 1.807) is 17.3 Å². The Balaban J connectivity index is 2.20. The smallest absolute Gasteiger partial charge is 0.274 e. The number of rotatable bonds is 4. The van der Waals surface area contributed by atoms with Crippen LogP contribution in [0, 0.1) is 0 Å². The molecule has 1 amide bonds. The van der Waals surface area contributed by atoms with E-state index in [1.165, 1.54) is 12.4 Å². The number of carbonyl (C=O) groups is 1. The number of nitrogens with zero attached hydrogens (tertiary/aromatic N) is 4. The van der Waals surface area contributed by atoms with Gasteiger partial charge in [0.15, 0.2) is 0 Å². The summed E-state index contributed by atoms with van der Waals surface area (Å²) in [5.74, 6) is -0.173. The first-order valence-corrected chi connectivity index (χ1v) is 6.63. The van der Waals surface area contributed by atoms with E-state index in [2.05, 4.69) is 15.0 Å². The third kappa shape index (κ3) is 3.51. The van der Waals surface area contributed by atoms with E-state index in [-0.39, 0.29) is 22.8 Å². The predicted molar refractivity (Wildman–Crippen MR) is 76.3 cm³/mol. The highest BCUT2D eigenvalue weighted by atomic mass is 35.5. The predicted octanol–water partition coefficient (Wildman–Crippen LogP) is 2.58. The van der Waals surface area contributed by atoms with Gasteiger partial charge in [-0.2, -0.15) is 0 Å². The number of hydrogen-bond donors (Lipinski definition) is 0. The Morgan fingerprint density at radius 2 is 2.10 bits per heavy atom. The molecule has 0 aromatic carbocycles. The summed E-state index contributed by atoms with van der Waals surface area (Å²) >= 11 is 5.68. The summed E-state index contributed by atoms with van der Waals surface area (Å²) < 4.78 is 0. The standard InChI is InChI=1S/C14H15ClN4O/c1-10(2)19(9-11-4-3-5-16-6-11)14(20)12-7-18-13(15)8-17-12/h3-8,10H,9H2,1-2H3. The second-order valence-electron chi connectivity index (χ2n) is 4.61. The molecule has 5 nitrogen and oxygen atoms in total. The molecule has 0 atom stereocenters. The Bertz CT molecular complexity index is 571. The fourth-order valence-corrected chi connectivity index (χ4v) is 1.84. The normalized spacial score (nSPS) is 10.6. The van der Waals surface area contributed by atoms with Crippen LogP contribution in [0.15, 0.2) is 36.9 Å². The molecule has 2 aromatic rings. The largest absolute Gasteiger partial charge is 0.330 e. The van der Waals surface area contributed by atoms with Gasteiger partial charge in [-0.15, -0.1) is 0 Å². The molecule has 0 unspecified atom stereocenters. The Labute approximate surface area is 122 Å². The van der Waals surface area contributed by atoms with Gasteiger partial charge in [0.05, 0.1) is 12.4 Å². The Morgan fingerprint density at radius 1 is 1.30 bits per heavy atom. The van der Waals surface area contributed by atoms with E-state index in [4.69, 9.17) is 11.6 Å².